The maximum absolute atomic E-state index is 5.61. The third-order valence-electron chi connectivity index (χ3n) is 3.18. The maximum atomic E-state index is 5.61. The highest BCUT2D eigenvalue weighted by Crippen LogP contribution is 2.19. The van der Waals surface area contributed by atoms with Crippen molar-refractivity contribution in [2.75, 3.05) is 5.32 Å². The number of aromatic nitrogens is 3. The van der Waals surface area contributed by atoms with Crippen LogP contribution < -0.4 is 10.1 Å². The Hall–Kier alpha value is -2.60. The number of nitrogens with one attached hydrogen (secondary N) is 1. The molecular weight excluding hydrogens is 308 g/mol. The van der Waals surface area contributed by atoms with E-state index in [9.17, 15) is 0 Å². The first kappa shape index (κ1) is 15.3. The lowest BCUT2D eigenvalue weighted by atomic mass is 10.2. The van der Waals surface area contributed by atoms with Crippen LogP contribution in [-0.4, -0.2) is 15.0 Å². The Morgan fingerprint density at radius 2 is 1.96 bits per heavy atom. The molecule has 0 aliphatic heterocycles. The molecule has 0 atom stereocenters. The van der Waals surface area contributed by atoms with Gasteiger partial charge in [0.25, 0.3) is 0 Å². The van der Waals surface area contributed by atoms with E-state index < -0.39 is 0 Å². The van der Waals surface area contributed by atoms with Gasteiger partial charge in [0.05, 0.1) is 6.20 Å². The normalized spacial score (nSPS) is 10.3. The van der Waals surface area contributed by atoms with Gasteiger partial charge in [0.1, 0.15) is 11.6 Å². The van der Waals surface area contributed by atoms with E-state index in [2.05, 4.69) is 32.9 Å². The monoisotopic (exact) mass is 324 g/mol. The van der Waals surface area contributed by atoms with Gasteiger partial charge in [-0.15, -0.1) is 12.6 Å². The lowest BCUT2D eigenvalue weighted by Gasteiger charge is -2.09. The van der Waals surface area contributed by atoms with Gasteiger partial charge in [-0.05, 0) is 36.8 Å². The second-order valence-corrected chi connectivity index (χ2v) is 5.43. The molecule has 0 amide bonds. The topological polar surface area (TPSA) is 59.9 Å². The van der Waals surface area contributed by atoms with Crippen LogP contribution in [0.3, 0.4) is 0 Å². The highest BCUT2D eigenvalue weighted by Gasteiger charge is 2.04. The SMILES string of the molecule is Cc1ccc(Oc2nccc(NCc3ccccc3S)n2)cn1. The number of pyridine rings is 1. The molecule has 0 bridgehead atoms. The summed E-state index contributed by atoms with van der Waals surface area (Å²) in [7, 11) is 0. The second-order valence-electron chi connectivity index (χ2n) is 4.94. The Morgan fingerprint density at radius 1 is 1.09 bits per heavy atom. The summed E-state index contributed by atoms with van der Waals surface area (Å²) < 4.78 is 5.61. The van der Waals surface area contributed by atoms with Crippen molar-refractivity contribution in [1.82, 2.24) is 15.0 Å². The summed E-state index contributed by atoms with van der Waals surface area (Å²) in [4.78, 5) is 13.6. The number of thiol groups is 1. The second kappa shape index (κ2) is 7.11. The van der Waals surface area contributed by atoms with Gasteiger partial charge >= 0.3 is 6.01 Å². The molecule has 0 fully saturated rings. The van der Waals surface area contributed by atoms with Gasteiger partial charge in [-0.25, -0.2) is 4.98 Å². The number of ether oxygens (including phenoxy) is 1. The third kappa shape index (κ3) is 4.20. The first-order valence-corrected chi connectivity index (χ1v) is 7.60. The number of rotatable bonds is 5. The molecule has 0 saturated heterocycles. The highest BCUT2D eigenvalue weighted by atomic mass is 32.1. The smallest absolute Gasteiger partial charge is 0.323 e. The van der Waals surface area contributed by atoms with Crippen molar-refractivity contribution in [2.45, 2.75) is 18.4 Å². The Balaban J connectivity index is 1.67. The summed E-state index contributed by atoms with van der Waals surface area (Å²) in [5.74, 6) is 1.29. The number of anilines is 1. The van der Waals surface area contributed by atoms with Gasteiger partial charge in [-0.1, -0.05) is 18.2 Å². The van der Waals surface area contributed by atoms with Gasteiger partial charge in [0.15, 0.2) is 0 Å². The van der Waals surface area contributed by atoms with Crippen LogP contribution in [0.1, 0.15) is 11.3 Å². The lowest BCUT2D eigenvalue weighted by Crippen LogP contribution is -2.03. The molecule has 6 heteroatoms. The number of benzene rings is 1. The van der Waals surface area contributed by atoms with Crippen molar-refractivity contribution in [3.8, 4) is 11.8 Å². The third-order valence-corrected chi connectivity index (χ3v) is 3.61. The molecule has 5 nitrogen and oxygen atoms in total. The van der Waals surface area contributed by atoms with Crippen LogP contribution in [0.25, 0.3) is 0 Å². The van der Waals surface area contributed by atoms with Crippen LogP contribution in [-0.2, 0) is 6.54 Å². The van der Waals surface area contributed by atoms with Crippen molar-refractivity contribution < 1.29 is 4.74 Å². The molecule has 23 heavy (non-hydrogen) atoms. The molecule has 116 valence electrons. The van der Waals surface area contributed by atoms with Crippen LogP contribution in [0, 0.1) is 6.92 Å². The quantitative estimate of drug-likeness (QED) is 0.698. The maximum Gasteiger partial charge on any atom is 0.323 e. The molecular formula is C17H16N4OS. The van der Waals surface area contributed by atoms with E-state index >= 15 is 0 Å². The molecule has 0 spiro atoms. The molecule has 0 unspecified atom stereocenters. The van der Waals surface area contributed by atoms with Crippen molar-refractivity contribution in [2.24, 2.45) is 0 Å². The Kier molecular flexibility index (Phi) is 4.73. The Bertz CT molecular complexity index is 793. The number of nitrogens with zero attached hydrogens (tertiary/aromatic N) is 3. The summed E-state index contributed by atoms with van der Waals surface area (Å²) in [6.45, 7) is 2.55. The van der Waals surface area contributed by atoms with E-state index in [0.29, 0.717) is 18.1 Å². The van der Waals surface area contributed by atoms with Crippen LogP contribution in [0.2, 0.25) is 0 Å². The molecule has 1 N–H and O–H groups in total. The molecule has 0 aliphatic carbocycles. The first-order valence-electron chi connectivity index (χ1n) is 7.15. The van der Waals surface area contributed by atoms with Crippen LogP contribution in [0.15, 0.2) is 59.8 Å². The standard InChI is InChI=1S/C17H16N4OS/c1-12-6-7-14(11-19-12)22-17-18-9-8-16(21-17)20-10-13-4-2-3-5-15(13)23/h2-9,11,23H,10H2,1H3,(H,18,20,21). The average molecular weight is 324 g/mol. The minimum absolute atomic E-state index is 0.278. The van der Waals surface area contributed by atoms with Crippen molar-refractivity contribution >= 4 is 18.4 Å². The molecule has 0 aliphatic rings. The van der Waals surface area contributed by atoms with Crippen molar-refractivity contribution in [3.05, 3.63) is 66.1 Å². The lowest BCUT2D eigenvalue weighted by molar-refractivity contribution is 0.440. The summed E-state index contributed by atoms with van der Waals surface area (Å²) in [6, 6.07) is 13.7. The number of hydrogen-bond acceptors (Lipinski definition) is 6. The van der Waals surface area contributed by atoms with E-state index in [-0.39, 0.29) is 6.01 Å². The molecule has 2 aromatic heterocycles. The van der Waals surface area contributed by atoms with Gasteiger partial charge in [-0.3, -0.25) is 4.98 Å². The molecule has 0 radical (unpaired) electrons. The fourth-order valence-electron chi connectivity index (χ4n) is 1.95. The van der Waals surface area contributed by atoms with E-state index in [4.69, 9.17) is 4.74 Å². The fourth-order valence-corrected chi connectivity index (χ4v) is 2.19. The van der Waals surface area contributed by atoms with Gasteiger partial charge in [0.2, 0.25) is 0 Å². The van der Waals surface area contributed by atoms with Gasteiger partial charge in [0, 0.05) is 23.3 Å². The predicted molar refractivity (Wildman–Crippen MR) is 92.1 cm³/mol. The van der Waals surface area contributed by atoms with E-state index in [1.165, 1.54) is 0 Å². The summed E-state index contributed by atoms with van der Waals surface area (Å²) >= 11 is 4.43. The minimum atomic E-state index is 0.278. The van der Waals surface area contributed by atoms with Crippen LogP contribution in [0.4, 0.5) is 5.82 Å². The summed E-state index contributed by atoms with van der Waals surface area (Å²) in [6.07, 6.45) is 3.30. The molecule has 0 saturated carbocycles. The van der Waals surface area contributed by atoms with E-state index in [1.54, 1.807) is 18.5 Å². The van der Waals surface area contributed by atoms with Crippen molar-refractivity contribution in [3.63, 3.8) is 0 Å². The first-order chi connectivity index (χ1) is 11.2. The molecule has 1 aromatic carbocycles. The molecule has 3 rings (SSSR count). The number of aryl methyl sites for hydroxylation is 1. The zero-order chi connectivity index (χ0) is 16.1. The van der Waals surface area contributed by atoms with Crippen LogP contribution in [0.5, 0.6) is 11.8 Å². The Morgan fingerprint density at radius 3 is 2.74 bits per heavy atom. The summed E-state index contributed by atoms with van der Waals surface area (Å²) in [5, 5.41) is 3.24. The zero-order valence-corrected chi connectivity index (χ0v) is 13.5. The predicted octanol–water partition coefficient (Wildman–Crippen LogP) is 3.87. The minimum Gasteiger partial charge on any atom is -0.423 e. The van der Waals surface area contributed by atoms with Crippen LogP contribution >= 0.6 is 12.6 Å². The highest BCUT2D eigenvalue weighted by molar-refractivity contribution is 7.80. The van der Waals surface area contributed by atoms with Gasteiger partial charge in [-0.2, -0.15) is 4.98 Å². The Labute approximate surface area is 140 Å². The van der Waals surface area contributed by atoms with E-state index in [1.807, 2.05) is 43.3 Å². The molecule has 2 heterocycles. The number of hydrogen-bond donors (Lipinski definition) is 2. The molecule has 3 aromatic rings. The largest absolute Gasteiger partial charge is 0.423 e. The zero-order valence-electron chi connectivity index (χ0n) is 12.6. The van der Waals surface area contributed by atoms with Gasteiger partial charge < -0.3 is 10.1 Å². The van der Waals surface area contributed by atoms with Crippen molar-refractivity contribution in [1.29, 1.82) is 0 Å². The summed E-state index contributed by atoms with van der Waals surface area (Å²) in [5.41, 5.74) is 2.03. The fraction of sp³-hybridized carbons (Fsp3) is 0.118. The average Bonchev–Trinajstić information content (AvgIpc) is 2.57. The van der Waals surface area contributed by atoms with E-state index in [0.717, 1.165) is 16.2 Å².